The maximum atomic E-state index is 11.8. The normalized spacial score (nSPS) is 17.3. The molecule has 2 aromatic rings. The quantitative estimate of drug-likeness (QED) is 0.868. The minimum Gasteiger partial charge on any atom is -0.508 e. The van der Waals surface area contributed by atoms with Crippen LogP contribution in [0.2, 0.25) is 0 Å². The number of esters is 1. The lowest BCUT2D eigenvalue weighted by atomic mass is 9.99. The van der Waals surface area contributed by atoms with E-state index in [1.165, 1.54) is 7.11 Å². The van der Waals surface area contributed by atoms with Crippen molar-refractivity contribution in [2.75, 3.05) is 7.11 Å². The second-order valence-corrected chi connectivity index (χ2v) is 5.17. The summed E-state index contributed by atoms with van der Waals surface area (Å²) in [7, 11) is 1.40. The Morgan fingerprint density at radius 2 is 2.19 bits per heavy atom. The van der Waals surface area contributed by atoms with Crippen molar-refractivity contribution in [3.05, 3.63) is 41.5 Å². The van der Waals surface area contributed by atoms with Gasteiger partial charge in [-0.25, -0.2) is 9.67 Å². The first-order chi connectivity index (χ1) is 10.2. The van der Waals surface area contributed by atoms with Gasteiger partial charge in [0, 0.05) is 13.0 Å². The molecule has 1 aromatic heterocycles. The molecule has 0 amide bonds. The van der Waals surface area contributed by atoms with Crippen molar-refractivity contribution in [3.63, 3.8) is 0 Å². The van der Waals surface area contributed by atoms with Gasteiger partial charge in [0.1, 0.15) is 17.5 Å². The van der Waals surface area contributed by atoms with Gasteiger partial charge in [-0.15, -0.1) is 0 Å². The molecule has 3 rings (SSSR count). The van der Waals surface area contributed by atoms with Crippen molar-refractivity contribution < 1.29 is 14.6 Å². The highest BCUT2D eigenvalue weighted by Crippen LogP contribution is 2.27. The summed E-state index contributed by atoms with van der Waals surface area (Å²) < 4.78 is 6.65. The van der Waals surface area contributed by atoms with Crippen molar-refractivity contribution in [1.82, 2.24) is 14.8 Å². The summed E-state index contributed by atoms with van der Waals surface area (Å²) in [6.45, 7) is 0.783. The fourth-order valence-corrected chi connectivity index (χ4v) is 2.64. The topological polar surface area (TPSA) is 77.2 Å². The summed E-state index contributed by atoms with van der Waals surface area (Å²) >= 11 is 0. The summed E-state index contributed by atoms with van der Waals surface area (Å²) in [5, 5.41) is 13.8. The van der Waals surface area contributed by atoms with E-state index in [1.54, 1.807) is 16.8 Å². The third-order valence-electron chi connectivity index (χ3n) is 3.70. The zero-order valence-corrected chi connectivity index (χ0v) is 11.8. The van der Waals surface area contributed by atoms with E-state index in [9.17, 15) is 9.90 Å². The number of aromatic nitrogens is 3. The van der Waals surface area contributed by atoms with Crippen molar-refractivity contribution in [3.8, 4) is 5.75 Å². The number of methoxy groups -OCH3 is 1. The third kappa shape index (κ3) is 2.74. The van der Waals surface area contributed by atoms with Gasteiger partial charge in [0.15, 0.2) is 5.82 Å². The number of benzene rings is 1. The van der Waals surface area contributed by atoms with Crippen molar-refractivity contribution in [2.24, 2.45) is 0 Å². The largest absolute Gasteiger partial charge is 0.508 e. The Labute approximate surface area is 122 Å². The number of aryl methyl sites for hydroxylation is 1. The van der Waals surface area contributed by atoms with Gasteiger partial charge in [0.2, 0.25) is 0 Å². The summed E-state index contributed by atoms with van der Waals surface area (Å²) in [6.07, 6.45) is 2.23. The Kier molecular flexibility index (Phi) is 3.60. The molecule has 21 heavy (non-hydrogen) atoms. The third-order valence-corrected chi connectivity index (χ3v) is 3.70. The van der Waals surface area contributed by atoms with Crippen LogP contribution in [0.5, 0.6) is 5.75 Å². The van der Waals surface area contributed by atoms with Crippen LogP contribution in [0.4, 0.5) is 0 Å². The second kappa shape index (κ2) is 5.55. The van der Waals surface area contributed by atoms with E-state index in [0.717, 1.165) is 24.9 Å². The molecule has 1 atom stereocenters. The molecule has 2 heterocycles. The summed E-state index contributed by atoms with van der Waals surface area (Å²) in [4.78, 5) is 16.3. The molecule has 0 saturated heterocycles. The SMILES string of the molecule is COC(=O)C1CCCn2nc(Cc3ccc(O)cc3)nc21. The lowest BCUT2D eigenvalue weighted by Crippen LogP contribution is -2.24. The molecule has 0 saturated carbocycles. The van der Waals surface area contributed by atoms with Gasteiger partial charge in [0.25, 0.3) is 0 Å². The highest BCUT2D eigenvalue weighted by molar-refractivity contribution is 5.77. The number of nitrogens with zero attached hydrogens (tertiary/aromatic N) is 3. The summed E-state index contributed by atoms with van der Waals surface area (Å²) in [5.41, 5.74) is 1.02. The van der Waals surface area contributed by atoms with Crippen LogP contribution >= 0.6 is 0 Å². The Morgan fingerprint density at radius 3 is 2.90 bits per heavy atom. The van der Waals surface area contributed by atoms with E-state index in [4.69, 9.17) is 4.74 Å². The van der Waals surface area contributed by atoms with Gasteiger partial charge in [-0.1, -0.05) is 12.1 Å². The highest BCUT2D eigenvalue weighted by atomic mass is 16.5. The van der Waals surface area contributed by atoms with E-state index >= 15 is 0 Å². The lowest BCUT2D eigenvalue weighted by molar-refractivity contribution is -0.143. The van der Waals surface area contributed by atoms with E-state index in [0.29, 0.717) is 18.1 Å². The molecule has 0 aliphatic carbocycles. The number of aromatic hydroxyl groups is 1. The standard InChI is InChI=1S/C15H17N3O3/c1-21-15(20)12-3-2-8-18-14(12)16-13(17-18)9-10-4-6-11(19)7-5-10/h4-7,12,19H,2-3,8-9H2,1H3. The number of carbonyl (C=O) groups is 1. The number of phenolic OH excluding ortho intramolecular Hbond substituents is 1. The van der Waals surface area contributed by atoms with Crippen LogP contribution in [0.3, 0.4) is 0 Å². The number of hydrogen-bond donors (Lipinski definition) is 1. The van der Waals surface area contributed by atoms with E-state index in [-0.39, 0.29) is 17.6 Å². The monoisotopic (exact) mass is 287 g/mol. The number of fused-ring (bicyclic) bond motifs is 1. The molecule has 6 heteroatoms. The van der Waals surface area contributed by atoms with Gasteiger partial charge in [0.05, 0.1) is 7.11 Å². The number of ether oxygens (including phenoxy) is 1. The number of hydrogen-bond acceptors (Lipinski definition) is 5. The number of carbonyl (C=O) groups excluding carboxylic acids is 1. The smallest absolute Gasteiger partial charge is 0.316 e. The van der Waals surface area contributed by atoms with Crippen molar-refractivity contribution in [1.29, 1.82) is 0 Å². The fourth-order valence-electron chi connectivity index (χ4n) is 2.64. The molecule has 0 radical (unpaired) electrons. The Hall–Kier alpha value is -2.37. The van der Waals surface area contributed by atoms with Crippen molar-refractivity contribution >= 4 is 5.97 Å². The van der Waals surface area contributed by atoms with Crippen LogP contribution in [0.1, 0.15) is 36.0 Å². The maximum Gasteiger partial charge on any atom is 0.316 e. The predicted molar refractivity (Wildman–Crippen MR) is 74.9 cm³/mol. The van der Waals surface area contributed by atoms with Gasteiger partial charge >= 0.3 is 5.97 Å². The molecule has 0 spiro atoms. The molecule has 0 fully saturated rings. The first-order valence-electron chi connectivity index (χ1n) is 6.96. The van der Waals surface area contributed by atoms with E-state index < -0.39 is 0 Å². The highest BCUT2D eigenvalue weighted by Gasteiger charge is 2.30. The minimum absolute atomic E-state index is 0.238. The minimum atomic E-state index is -0.315. The average molecular weight is 287 g/mol. The second-order valence-electron chi connectivity index (χ2n) is 5.17. The summed E-state index contributed by atoms with van der Waals surface area (Å²) in [5.74, 6) is 1.05. The first-order valence-corrected chi connectivity index (χ1v) is 6.96. The molecular weight excluding hydrogens is 270 g/mol. The van der Waals surface area contributed by atoms with Crippen molar-refractivity contribution in [2.45, 2.75) is 31.7 Å². The molecule has 110 valence electrons. The van der Waals surface area contributed by atoms with Crippen LogP contribution in [0.25, 0.3) is 0 Å². The molecular formula is C15H17N3O3. The van der Waals surface area contributed by atoms with Crippen LogP contribution in [0, 0.1) is 0 Å². The van der Waals surface area contributed by atoms with Gasteiger partial charge < -0.3 is 9.84 Å². The Balaban J connectivity index is 1.84. The van der Waals surface area contributed by atoms with Crippen LogP contribution in [-0.2, 0) is 22.5 Å². The Bertz CT molecular complexity index is 649. The molecule has 1 aliphatic heterocycles. The van der Waals surface area contributed by atoms with Gasteiger partial charge in [-0.05, 0) is 30.5 Å². The number of rotatable bonds is 3. The van der Waals surface area contributed by atoms with E-state index in [1.807, 2.05) is 12.1 Å². The predicted octanol–water partition coefficient (Wildman–Crippen LogP) is 1.62. The van der Waals surface area contributed by atoms with E-state index in [2.05, 4.69) is 10.1 Å². The Morgan fingerprint density at radius 1 is 1.43 bits per heavy atom. The lowest BCUT2D eigenvalue weighted by Gasteiger charge is -2.19. The molecule has 6 nitrogen and oxygen atoms in total. The molecule has 0 bridgehead atoms. The van der Waals surface area contributed by atoms with Crippen LogP contribution in [-0.4, -0.2) is 33.0 Å². The van der Waals surface area contributed by atoms with Crippen LogP contribution < -0.4 is 0 Å². The maximum absolute atomic E-state index is 11.8. The molecule has 1 unspecified atom stereocenters. The van der Waals surface area contributed by atoms with Gasteiger partial charge in [-0.2, -0.15) is 5.10 Å². The zero-order valence-electron chi connectivity index (χ0n) is 11.8. The average Bonchev–Trinajstić information content (AvgIpc) is 2.91. The molecule has 1 N–H and O–H groups in total. The summed E-state index contributed by atoms with van der Waals surface area (Å²) in [6, 6.07) is 6.96. The number of phenols is 1. The zero-order chi connectivity index (χ0) is 14.8. The van der Waals surface area contributed by atoms with Crippen LogP contribution in [0.15, 0.2) is 24.3 Å². The molecule has 1 aromatic carbocycles. The fraction of sp³-hybridized carbons (Fsp3) is 0.400. The van der Waals surface area contributed by atoms with Gasteiger partial charge in [-0.3, -0.25) is 4.79 Å². The molecule has 1 aliphatic rings. The first kappa shape index (κ1) is 13.6.